The molecule has 1 aromatic heterocycles. The Labute approximate surface area is 90.9 Å². The third kappa shape index (κ3) is 1.49. The van der Waals surface area contributed by atoms with E-state index in [0.717, 1.165) is 0 Å². The van der Waals surface area contributed by atoms with Gasteiger partial charge in [0.25, 0.3) is 5.91 Å². The molecule has 0 radical (unpaired) electrons. The van der Waals surface area contributed by atoms with E-state index in [2.05, 4.69) is 4.98 Å². The first kappa shape index (κ1) is 9.49. The number of pyridine rings is 1. The third-order valence-electron chi connectivity index (χ3n) is 1.89. The number of rotatable bonds is 1. The van der Waals surface area contributed by atoms with Crippen molar-refractivity contribution in [1.82, 2.24) is 4.98 Å². The summed E-state index contributed by atoms with van der Waals surface area (Å²) in [7, 11) is 0. The zero-order valence-corrected chi connectivity index (χ0v) is 8.59. The summed E-state index contributed by atoms with van der Waals surface area (Å²) in [6.45, 7) is 0.302. The van der Waals surface area contributed by atoms with Crippen molar-refractivity contribution in [3.8, 4) is 0 Å². The lowest BCUT2D eigenvalue weighted by molar-refractivity contribution is -0.114. The number of carbonyl (C=O) groups excluding carboxylic acids is 1. The number of hydrogen-bond donors (Lipinski definition) is 0. The molecule has 0 N–H and O–H groups in total. The number of anilines is 1. The molecule has 0 unspecified atom stereocenters. The van der Waals surface area contributed by atoms with Crippen LogP contribution in [0.2, 0.25) is 0 Å². The topological polar surface area (TPSA) is 33.2 Å². The highest BCUT2D eigenvalue weighted by atomic mass is 35.5. The minimum absolute atomic E-state index is 0.0809. The lowest BCUT2D eigenvalue weighted by Crippen LogP contribution is -2.26. The fraction of sp³-hybridized carbons (Fsp3) is 0.111. The molecular weight excluding hydrogens is 223 g/mol. The van der Waals surface area contributed by atoms with Crippen molar-refractivity contribution in [2.75, 3.05) is 11.4 Å². The van der Waals surface area contributed by atoms with Gasteiger partial charge >= 0.3 is 0 Å². The highest BCUT2D eigenvalue weighted by molar-refractivity contribution is 6.51. The lowest BCUT2D eigenvalue weighted by Gasteiger charge is -2.13. The van der Waals surface area contributed by atoms with E-state index in [1.807, 2.05) is 0 Å². The molecule has 0 saturated carbocycles. The Kier molecular flexibility index (Phi) is 2.44. The number of hydrogen-bond acceptors (Lipinski definition) is 2. The van der Waals surface area contributed by atoms with Crippen molar-refractivity contribution >= 4 is 34.9 Å². The Balaban J connectivity index is 2.30. The molecule has 0 aliphatic carbocycles. The number of aromatic nitrogens is 1. The predicted molar refractivity (Wildman–Crippen MR) is 55.3 cm³/mol. The molecule has 0 saturated heterocycles. The predicted octanol–water partition coefficient (Wildman–Crippen LogP) is 2.12. The maximum atomic E-state index is 11.5. The molecular formula is C9H6Cl2N2O. The average molecular weight is 229 g/mol. The largest absolute Gasteiger partial charge is 0.286 e. The molecule has 0 bridgehead atoms. The normalized spacial score (nSPS) is 16.7. The van der Waals surface area contributed by atoms with Gasteiger partial charge in [0.05, 0.1) is 11.6 Å². The molecule has 5 heteroatoms. The number of nitrogens with zero attached hydrogens (tertiary/aromatic N) is 2. The van der Waals surface area contributed by atoms with Gasteiger partial charge in [-0.2, -0.15) is 0 Å². The minimum atomic E-state index is -0.296. The van der Waals surface area contributed by atoms with Gasteiger partial charge in [0.1, 0.15) is 10.9 Å². The molecule has 1 aliphatic rings. The van der Waals surface area contributed by atoms with Crippen LogP contribution in [0, 0.1) is 0 Å². The zero-order chi connectivity index (χ0) is 10.1. The van der Waals surface area contributed by atoms with Gasteiger partial charge in [-0.05, 0) is 12.1 Å². The van der Waals surface area contributed by atoms with Crippen molar-refractivity contribution < 1.29 is 4.79 Å². The van der Waals surface area contributed by atoms with Crippen LogP contribution in [-0.4, -0.2) is 17.4 Å². The molecule has 2 heterocycles. The maximum absolute atomic E-state index is 11.5. The monoisotopic (exact) mass is 228 g/mol. The fourth-order valence-corrected chi connectivity index (χ4v) is 1.58. The summed E-state index contributed by atoms with van der Waals surface area (Å²) in [5.41, 5.74) is 0. The van der Waals surface area contributed by atoms with Gasteiger partial charge in [0.15, 0.2) is 0 Å². The Morgan fingerprint density at radius 3 is 2.64 bits per heavy atom. The summed E-state index contributed by atoms with van der Waals surface area (Å²) in [5, 5.41) is 0.444. The van der Waals surface area contributed by atoms with Gasteiger partial charge in [0.2, 0.25) is 0 Å². The molecule has 0 aromatic carbocycles. The summed E-state index contributed by atoms with van der Waals surface area (Å²) in [6, 6.07) is 5.31. The van der Waals surface area contributed by atoms with E-state index in [1.54, 1.807) is 24.4 Å². The smallest absolute Gasteiger partial charge is 0.272 e. The van der Waals surface area contributed by atoms with Gasteiger partial charge in [-0.15, -0.1) is 0 Å². The van der Waals surface area contributed by atoms with Crippen LogP contribution >= 0.6 is 23.2 Å². The summed E-state index contributed by atoms with van der Waals surface area (Å²) >= 11 is 11.4. The summed E-state index contributed by atoms with van der Waals surface area (Å²) in [5.74, 6) is 0.265. The van der Waals surface area contributed by atoms with E-state index in [9.17, 15) is 4.79 Å². The van der Waals surface area contributed by atoms with Crippen molar-refractivity contribution in [3.63, 3.8) is 0 Å². The van der Waals surface area contributed by atoms with Crippen LogP contribution in [0.5, 0.6) is 0 Å². The Morgan fingerprint density at radius 1 is 1.36 bits per heavy atom. The van der Waals surface area contributed by atoms with Crippen molar-refractivity contribution in [2.45, 2.75) is 0 Å². The number of carbonyl (C=O) groups is 1. The highest BCUT2D eigenvalue weighted by Gasteiger charge is 2.29. The molecule has 1 amide bonds. The van der Waals surface area contributed by atoms with Gasteiger partial charge in [-0.25, -0.2) is 4.98 Å². The Bertz CT molecular complexity index is 403. The molecule has 1 aliphatic heterocycles. The molecule has 1 aromatic rings. The summed E-state index contributed by atoms with van der Waals surface area (Å²) < 4.78 is 0. The standard InChI is InChI=1S/C9H6Cl2N2O/c10-6-5-13(9(14)8(6)11)7-3-1-2-4-12-7/h1-4H,5H2. The number of amides is 1. The second-order valence-corrected chi connectivity index (χ2v) is 3.63. The van der Waals surface area contributed by atoms with Crippen LogP contribution in [-0.2, 0) is 4.79 Å². The molecule has 72 valence electrons. The van der Waals surface area contributed by atoms with Crippen LogP contribution in [0.25, 0.3) is 0 Å². The van der Waals surface area contributed by atoms with Crippen LogP contribution in [0.4, 0.5) is 5.82 Å². The molecule has 0 atom stereocenters. The van der Waals surface area contributed by atoms with Crippen LogP contribution in [0.15, 0.2) is 34.5 Å². The lowest BCUT2D eigenvalue weighted by atomic mass is 10.4. The molecule has 0 fully saturated rings. The quantitative estimate of drug-likeness (QED) is 0.738. The fourth-order valence-electron chi connectivity index (χ4n) is 1.21. The van der Waals surface area contributed by atoms with Gasteiger partial charge in [-0.1, -0.05) is 29.3 Å². The summed E-state index contributed by atoms with van der Waals surface area (Å²) in [4.78, 5) is 17.0. The first-order valence-corrected chi connectivity index (χ1v) is 4.73. The van der Waals surface area contributed by atoms with Gasteiger partial charge in [-0.3, -0.25) is 9.69 Å². The van der Waals surface area contributed by atoms with E-state index < -0.39 is 0 Å². The second kappa shape index (κ2) is 3.59. The molecule has 3 nitrogen and oxygen atoms in total. The van der Waals surface area contributed by atoms with E-state index in [-0.39, 0.29) is 10.9 Å². The second-order valence-electron chi connectivity index (χ2n) is 2.80. The Morgan fingerprint density at radius 2 is 2.14 bits per heavy atom. The van der Waals surface area contributed by atoms with E-state index in [0.29, 0.717) is 17.4 Å². The molecule has 2 rings (SSSR count). The van der Waals surface area contributed by atoms with Crippen LogP contribution in [0.1, 0.15) is 0 Å². The van der Waals surface area contributed by atoms with E-state index >= 15 is 0 Å². The van der Waals surface area contributed by atoms with Crippen molar-refractivity contribution in [1.29, 1.82) is 0 Å². The van der Waals surface area contributed by atoms with Crippen LogP contribution in [0.3, 0.4) is 0 Å². The minimum Gasteiger partial charge on any atom is -0.286 e. The highest BCUT2D eigenvalue weighted by Crippen LogP contribution is 2.28. The van der Waals surface area contributed by atoms with Crippen molar-refractivity contribution in [2.24, 2.45) is 0 Å². The zero-order valence-electron chi connectivity index (χ0n) is 7.08. The van der Waals surface area contributed by atoms with E-state index in [1.165, 1.54) is 4.90 Å². The first-order valence-electron chi connectivity index (χ1n) is 3.97. The van der Waals surface area contributed by atoms with Crippen molar-refractivity contribution in [3.05, 3.63) is 34.5 Å². The average Bonchev–Trinajstić information content (AvgIpc) is 2.47. The maximum Gasteiger partial charge on any atom is 0.272 e. The van der Waals surface area contributed by atoms with Gasteiger partial charge in [0, 0.05) is 6.20 Å². The Hall–Kier alpha value is -1.06. The first-order chi connectivity index (χ1) is 6.70. The molecule has 14 heavy (non-hydrogen) atoms. The third-order valence-corrected chi connectivity index (χ3v) is 2.69. The van der Waals surface area contributed by atoms with Crippen LogP contribution < -0.4 is 4.90 Å². The van der Waals surface area contributed by atoms with Gasteiger partial charge < -0.3 is 0 Å². The molecule has 0 spiro atoms. The summed E-state index contributed by atoms with van der Waals surface area (Å²) in [6.07, 6.45) is 1.61. The SMILES string of the molecule is O=C1C(Cl)=C(Cl)CN1c1ccccn1. The van der Waals surface area contributed by atoms with E-state index in [4.69, 9.17) is 23.2 Å². The number of halogens is 2.